The Morgan fingerprint density at radius 3 is 2.27 bits per heavy atom. The first-order valence-electron chi connectivity index (χ1n) is 9.21. The second kappa shape index (κ2) is 7.89. The topological polar surface area (TPSA) is 79.5 Å². The Balaban J connectivity index is 2.64. The minimum Gasteiger partial charge on any atom is -0.434 e. The van der Waals surface area contributed by atoms with E-state index in [2.05, 4.69) is 13.8 Å². The highest BCUT2D eigenvalue weighted by Crippen LogP contribution is 2.34. The molecule has 6 heteroatoms. The van der Waals surface area contributed by atoms with Crippen LogP contribution in [0.1, 0.15) is 56.7 Å². The third-order valence-electron chi connectivity index (χ3n) is 5.02. The number of benzene rings is 1. The molecule has 0 amide bonds. The molecule has 26 heavy (non-hydrogen) atoms. The first kappa shape index (κ1) is 19.9. The summed E-state index contributed by atoms with van der Waals surface area (Å²) in [7, 11) is 0. The van der Waals surface area contributed by atoms with Crippen molar-refractivity contribution in [3.8, 4) is 5.75 Å². The van der Waals surface area contributed by atoms with Gasteiger partial charge < -0.3 is 9.64 Å². The highest BCUT2D eigenvalue weighted by Gasteiger charge is 2.41. The maximum Gasteiger partial charge on any atom is 0.349 e. The van der Waals surface area contributed by atoms with Gasteiger partial charge in [-0.2, -0.15) is 0 Å². The van der Waals surface area contributed by atoms with Crippen LogP contribution >= 0.6 is 0 Å². The average Bonchev–Trinajstić information content (AvgIpc) is 2.53. The van der Waals surface area contributed by atoms with Gasteiger partial charge in [-0.3, -0.25) is 15.5 Å². The number of nitrogens with zero attached hydrogens (tertiary/aromatic N) is 2. The molecule has 0 fully saturated rings. The van der Waals surface area contributed by atoms with Crippen LogP contribution in [-0.4, -0.2) is 27.6 Å². The maximum absolute atomic E-state index is 11.7. The largest absolute Gasteiger partial charge is 0.434 e. The van der Waals surface area contributed by atoms with Gasteiger partial charge in [0, 0.05) is 18.5 Å². The van der Waals surface area contributed by atoms with Crippen LogP contribution < -0.4 is 4.74 Å². The van der Waals surface area contributed by atoms with Gasteiger partial charge in [-0.25, -0.2) is 0 Å². The summed E-state index contributed by atoms with van der Waals surface area (Å²) in [6.45, 7) is 12.1. The van der Waals surface area contributed by atoms with Gasteiger partial charge in [0.1, 0.15) is 11.5 Å². The van der Waals surface area contributed by atoms with Crippen LogP contribution in [0.15, 0.2) is 23.7 Å². The quantitative estimate of drug-likeness (QED) is 0.588. The monoisotopic (exact) mass is 359 g/mol. The van der Waals surface area contributed by atoms with Crippen LogP contribution in [0.5, 0.6) is 5.75 Å². The van der Waals surface area contributed by atoms with E-state index < -0.39 is 4.92 Å². The molecule has 1 N–H and O–H groups in total. The van der Waals surface area contributed by atoms with E-state index in [1.54, 1.807) is 0 Å². The summed E-state index contributed by atoms with van der Waals surface area (Å²) in [5, 5.41) is 19.9. The molecule has 1 heterocycles. The number of nitro groups is 1. The van der Waals surface area contributed by atoms with Gasteiger partial charge >= 0.3 is 5.70 Å². The van der Waals surface area contributed by atoms with Crippen LogP contribution in [0, 0.1) is 36.3 Å². The summed E-state index contributed by atoms with van der Waals surface area (Å²) in [6.07, 6.45) is 2.07. The molecule has 2 rings (SSSR count). The lowest BCUT2D eigenvalue weighted by Gasteiger charge is -2.40. The molecule has 1 aromatic carbocycles. The molecular weight excluding hydrogens is 330 g/mol. The number of nitrogens with one attached hydrogen (secondary N) is 1. The fraction of sp³-hybridized carbons (Fsp3) is 0.550. The molecule has 6 nitrogen and oxygen atoms in total. The minimum atomic E-state index is -0.474. The third-order valence-corrected chi connectivity index (χ3v) is 5.02. The van der Waals surface area contributed by atoms with Crippen LogP contribution in [0.4, 0.5) is 0 Å². The second-order valence-electron chi connectivity index (χ2n) is 7.15. The van der Waals surface area contributed by atoms with E-state index in [9.17, 15) is 10.1 Å². The average molecular weight is 359 g/mol. The normalized spacial score (nSPS) is 17.9. The predicted molar refractivity (Wildman–Crippen MR) is 103 cm³/mol. The van der Waals surface area contributed by atoms with Gasteiger partial charge in [-0.15, -0.1) is 0 Å². The van der Waals surface area contributed by atoms with Crippen molar-refractivity contribution in [3.63, 3.8) is 0 Å². The summed E-state index contributed by atoms with van der Waals surface area (Å²) in [5.41, 5.74) is 2.81. The van der Waals surface area contributed by atoms with Crippen molar-refractivity contribution in [1.29, 1.82) is 5.41 Å². The Kier molecular flexibility index (Phi) is 6.05. The van der Waals surface area contributed by atoms with Crippen LogP contribution in [0.2, 0.25) is 0 Å². The van der Waals surface area contributed by atoms with Crippen LogP contribution in [0.3, 0.4) is 0 Å². The lowest BCUT2D eigenvalue weighted by molar-refractivity contribution is -0.420. The smallest absolute Gasteiger partial charge is 0.349 e. The van der Waals surface area contributed by atoms with Crippen LogP contribution in [-0.2, 0) is 0 Å². The van der Waals surface area contributed by atoms with Crippen molar-refractivity contribution in [2.24, 2.45) is 0 Å². The van der Waals surface area contributed by atoms with Gasteiger partial charge in [0.05, 0.1) is 4.92 Å². The molecule has 0 spiro atoms. The Hall–Kier alpha value is -2.37. The zero-order valence-corrected chi connectivity index (χ0v) is 16.5. The van der Waals surface area contributed by atoms with Crippen molar-refractivity contribution >= 4 is 5.71 Å². The zero-order chi connectivity index (χ0) is 19.6. The number of hydrogen-bond donors (Lipinski definition) is 1. The Bertz CT molecular complexity index is 728. The molecule has 142 valence electrons. The summed E-state index contributed by atoms with van der Waals surface area (Å²) in [4.78, 5) is 13.3. The standard InChI is InChI=1S/C20H29N3O3/c1-7-16(8-2)22-15(6)11-17(21)18(23(24)25)20(22)26-19-13(4)9-12(3)10-14(19)5/h9-10,15-16,21H,7-8,11H2,1-6H3. The van der Waals surface area contributed by atoms with Crippen molar-refractivity contribution in [3.05, 3.63) is 50.5 Å². The van der Waals surface area contributed by atoms with E-state index in [1.807, 2.05) is 44.7 Å². The molecule has 1 aliphatic rings. The summed E-state index contributed by atoms with van der Waals surface area (Å²) in [5.74, 6) is 0.852. The molecule has 1 atom stereocenters. The van der Waals surface area contributed by atoms with Crippen molar-refractivity contribution in [1.82, 2.24) is 4.90 Å². The van der Waals surface area contributed by atoms with Crippen molar-refractivity contribution in [2.75, 3.05) is 0 Å². The summed E-state index contributed by atoms with van der Waals surface area (Å²) >= 11 is 0. The van der Waals surface area contributed by atoms with Gasteiger partial charge in [-0.05, 0) is 51.7 Å². The number of hydrogen-bond acceptors (Lipinski definition) is 5. The van der Waals surface area contributed by atoms with E-state index in [0.29, 0.717) is 12.2 Å². The maximum atomic E-state index is 11.7. The fourth-order valence-electron chi connectivity index (χ4n) is 3.86. The summed E-state index contributed by atoms with van der Waals surface area (Å²) < 4.78 is 6.21. The second-order valence-corrected chi connectivity index (χ2v) is 7.15. The molecule has 0 saturated carbocycles. The highest BCUT2D eigenvalue weighted by atomic mass is 16.6. The number of allylic oxidation sites excluding steroid dienone is 1. The summed E-state index contributed by atoms with van der Waals surface area (Å²) in [6, 6.07) is 4.13. The molecule has 1 aromatic rings. The Morgan fingerprint density at radius 2 is 1.81 bits per heavy atom. The Morgan fingerprint density at radius 1 is 1.27 bits per heavy atom. The number of aryl methyl sites for hydroxylation is 3. The molecule has 0 aromatic heterocycles. The van der Waals surface area contributed by atoms with Gasteiger partial charge in [0.25, 0.3) is 5.88 Å². The van der Waals surface area contributed by atoms with Gasteiger partial charge in [-0.1, -0.05) is 31.5 Å². The number of rotatable bonds is 6. The van der Waals surface area contributed by atoms with Crippen molar-refractivity contribution < 1.29 is 9.66 Å². The lowest BCUT2D eigenvalue weighted by atomic mass is 9.98. The molecule has 0 radical (unpaired) electrons. The van der Waals surface area contributed by atoms with E-state index >= 15 is 0 Å². The molecule has 1 aliphatic heterocycles. The predicted octanol–water partition coefficient (Wildman–Crippen LogP) is 4.74. The molecular formula is C20H29N3O3. The minimum absolute atomic E-state index is 0.0165. The number of ether oxygens (including phenoxy) is 1. The molecule has 0 saturated heterocycles. The fourth-order valence-corrected chi connectivity index (χ4v) is 3.86. The highest BCUT2D eigenvalue weighted by molar-refractivity contribution is 5.97. The van der Waals surface area contributed by atoms with E-state index in [0.717, 1.165) is 29.5 Å². The van der Waals surface area contributed by atoms with Crippen LogP contribution in [0.25, 0.3) is 0 Å². The molecule has 0 bridgehead atoms. The third kappa shape index (κ3) is 3.74. The van der Waals surface area contributed by atoms with E-state index in [1.165, 1.54) is 0 Å². The first-order chi connectivity index (χ1) is 12.2. The SMILES string of the molecule is CCC(CC)N1C(Oc2c(C)cc(C)cc2C)=C([N+](=O)[O-])C(=N)CC1C. The lowest BCUT2D eigenvalue weighted by Crippen LogP contribution is -2.48. The van der Waals surface area contributed by atoms with Gasteiger partial charge in [0.2, 0.25) is 0 Å². The van der Waals surface area contributed by atoms with E-state index in [4.69, 9.17) is 10.1 Å². The zero-order valence-electron chi connectivity index (χ0n) is 16.5. The van der Waals surface area contributed by atoms with E-state index in [-0.39, 0.29) is 29.4 Å². The van der Waals surface area contributed by atoms with Gasteiger partial charge in [0.15, 0.2) is 0 Å². The first-order valence-corrected chi connectivity index (χ1v) is 9.21. The molecule has 1 unspecified atom stereocenters. The Labute approximate surface area is 155 Å². The van der Waals surface area contributed by atoms with Crippen molar-refractivity contribution in [2.45, 2.75) is 72.9 Å². The molecule has 0 aliphatic carbocycles.